The molecule has 0 aliphatic rings. The molecule has 0 amide bonds. The highest BCUT2D eigenvalue weighted by atomic mass is 14.7. The largest absolute Gasteiger partial charge is 0.361 e. The van der Waals surface area contributed by atoms with E-state index in [2.05, 4.69) is 43.2 Å². The van der Waals surface area contributed by atoms with Crippen LogP contribution in [-0.2, 0) is 6.42 Å². The number of hydrogen-bond donors (Lipinski definition) is 1. The van der Waals surface area contributed by atoms with Gasteiger partial charge in [-0.2, -0.15) is 0 Å². The second-order valence-corrected chi connectivity index (χ2v) is 4.32. The molecular formula is C16H25N. The Morgan fingerprint density at radius 3 is 2.59 bits per heavy atom. The van der Waals surface area contributed by atoms with Crippen molar-refractivity contribution in [3.05, 3.63) is 35.5 Å². The smallest absolute Gasteiger partial charge is 0.0456 e. The summed E-state index contributed by atoms with van der Waals surface area (Å²) in [6.45, 7) is 8.40. The maximum Gasteiger partial charge on any atom is 0.0456 e. The molecule has 94 valence electrons. The van der Waals surface area contributed by atoms with Crippen LogP contribution in [-0.4, -0.2) is 4.98 Å². The number of aromatic nitrogens is 1. The quantitative estimate of drug-likeness (QED) is 0.693. The van der Waals surface area contributed by atoms with Crippen molar-refractivity contribution in [3.8, 4) is 0 Å². The summed E-state index contributed by atoms with van der Waals surface area (Å²) in [5.74, 6) is 0. The fourth-order valence-corrected chi connectivity index (χ4v) is 2.06. The number of nitrogens with one attached hydrogen (secondary N) is 1. The zero-order valence-electron chi connectivity index (χ0n) is 11.6. The predicted molar refractivity (Wildman–Crippen MR) is 77.6 cm³/mol. The first-order valence-electron chi connectivity index (χ1n) is 6.88. The molecule has 0 bridgehead atoms. The zero-order chi connectivity index (χ0) is 12.7. The Morgan fingerprint density at radius 1 is 1.12 bits per heavy atom. The van der Waals surface area contributed by atoms with Gasteiger partial charge in [-0.15, -0.1) is 0 Å². The maximum atomic E-state index is 3.34. The van der Waals surface area contributed by atoms with Gasteiger partial charge in [0.15, 0.2) is 0 Å². The van der Waals surface area contributed by atoms with Crippen molar-refractivity contribution in [2.24, 2.45) is 0 Å². The molecule has 2 aromatic rings. The summed E-state index contributed by atoms with van der Waals surface area (Å²) in [6.07, 6.45) is 7.30. The first-order valence-corrected chi connectivity index (χ1v) is 6.88. The van der Waals surface area contributed by atoms with Crippen LogP contribution in [0.5, 0.6) is 0 Å². The molecule has 17 heavy (non-hydrogen) atoms. The molecule has 0 fully saturated rings. The van der Waals surface area contributed by atoms with E-state index in [4.69, 9.17) is 0 Å². The normalized spacial score (nSPS) is 10.1. The molecule has 1 nitrogen and oxygen atoms in total. The first kappa shape index (κ1) is 13.8. The third-order valence-electron chi connectivity index (χ3n) is 2.97. The molecule has 2 rings (SSSR count). The van der Waals surface area contributed by atoms with E-state index in [-0.39, 0.29) is 0 Å². The van der Waals surface area contributed by atoms with Gasteiger partial charge in [-0.05, 0) is 37.5 Å². The minimum absolute atomic E-state index is 1.21. The second kappa shape index (κ2) is 7.16. The van der Waals surface area contributed by atoms with Crippen LogP contribution in [0.2, 0.25) is 0 Å². The molecule has 0 aliphatic carbocycles. The van der Waals surface area contributed by atoms with Crippen LogP contribution < -0.4 is 0 Å². The van der Waals surface area contributed by atoms with Crippen LogP contribution in [0.25, 0.3) is 10.9 Å². The lowest BCUT2D eigenvalue weighted by Gasteiger charge is -1.99. The lowest BCUT2D eigenvalue weighted by molar-refractivity contribution is 0.719. The minimum Gasteiger partial charge on any atom is -0.361 e. The van der Waals surface area contributed by atoms with Crippen molar-refractivity contribution < 1.29 is 0 Å². The number of benzene rings is 1. The van der Waals surface area contributed by atoms with E-state index in [1.807, 2.05) is 13.8 Å². The van der Waals surface area contributed by atoms with Gasteiger partial charge in [0.25, 0.3) is 0 Å². The van der Waals surface area contributed by atoms with Crippen molar-refractivity contribution in [1.82, 2.24) is 4.98 Å². The molecule has 0 atom stereocenters. The number of aromatic amines is 1. The van der Waals surface area contributed by atoms with E-state index in [0.29, 0.717) is 0 Å². The second-order valence-electron chi connectivity index (χ2n) is 4.32. The van der Waals surface area contributed by atoms with E-state index >= 15 is 0 Å². The van der Waals surface area contributed by atoms with E-state index < -0.39 is 0 Å². The van der Waals surface area contributed by atoms with Crippen LogP contribution in [0.3, 0.4) is 0 Å². The summed E-state index contributed by atoms with van der Waals surface area (Å²) < 4.78 is 0. The van der Waals surface area contributed by atoms with Crippen molar-refractivity contribution >= 4 is 10.9 Å². The topological polar surface area (TPSA) is 15.8 Å². The van der Waals surface area contributed by atoms with Crippen LogP contribution >= 0.6 is 0 Å². The molecule has 1 aromatic carbocycles. The van der Waals surface area contributed by atoms with Crippen LogP contribution in [0.1, 0.15) is 51.2 Å². The molecule has 0 unspecified atom stereocenters. The van der Waals surface area contributed by atoms with Gasteiger partial charge >= 0.3 is 0 Å². The van der Waals surface area contributed by atoms with Gasteiger partial charge in [0.2, 0.25) is 0 Å². The van der Waals surface area contributed by atoms with Crippen molar-refractivity contribution in [1.29, 1.82) is 0 Å². The average Bonchev–Trinajstić information content (AvgIpc) is 2.75. The van der Waals surface area contributed by atoms with E-state index in [0.717, 1.165) is 0 Å². The van der Waals surface area contributed by atoms with Crippen LogP contribution in [0.15, 0.2) is 24.4 Å². The molecule has 0 saturated heterocycles. The van der Waals surface area contributed by atoms with Gasteiger partial charge in [0.05, 0.1) is 0 Å². The summed E-state index contributed by atoms with van der Waals surface area (Å²) in [5.41, 5.74) is 4.09. The molecule has 0 saturated carbocycles. The summed E-state index contributed by atoms with van der Waals surface area (Å²) >= 11 is 0. The maximum absolute atomic E-state index is 3.34. The van der Waals surface area contributed by atoms with Crippen LogP contribution in [0.4, 0.5) is 0 Å². The van der Waals surface area contributed by atoms with Crippen LogP contribution in [0, 0.1) is 6.92 Å². The number of rotatable bonds is 4. The van der Waals surface area contributed by atoms with Crippen molar-refractivity contribution in [2.75, 3.05) is 0 Å². The first-order chi connectivity index (χ1) is 8.31. The van der Waals surface area contributed by atoms with Crippen molar-refractivity contribution in [3.63, 3.8) is 0 Å². The number of hydrogen-bond acceptors (Lipinski definition) is 0. The summed E-state index contributed by atoms with van der Waals surface area (Å²) in [6, 6.07) is 6.62. The Labute approximate surface area is 105 Å². The standard InChI is InChI=1S/C14H19N.C2H6/c1-3-4-5-6-12-10-15-14-8-7-11(2)9-13(12)14;1-2/h7-10,15H,3-6H2,1-2H3;1-2H3. The monoisotopic (exact) mass is 231 g/mol. The molecule has 1 heteroatoms. The Bertz CT molecular complexity index is 440. The number of aryl methyl sites for hydroxylation is 2. The van der Waals surface area contributed by atoms with Gasteiger partial charge < -0.3 is 4.98 Å². The molecule has 1 heterocycles. The van der Waals surface area contributed by atoms with E-state index in [1.54, 1.807) is 0 Å². The fourth-order valence-electron chi connectivity index (χ4n) is 2.06. The SMILES string of the molecule is CC.CCCCCc1c[nH]c2ccc(C)cc12. The summed E-state index contributed by atoms with van der Waals surface area (Å²) in [4.78, 5) is 3.34. The molecule has 0 radical (unpaired) electrons. The Kier molecular flexibility index (Phi) is 5.82. The lowest BCUT2D eigenvalue weighted by Crippen LogP contribution is -1.83. The van der Waals surface area contributed by atoms with Gasteiger partial charge in [-0.3, -0.25) is 0 Å². The molecule has 0 aliphatic heterocycles. The van der Waals surface area contributed by atoms with E-state index in [9.17, 15) is 0 Å². The highest BCUT2D eigenvalue weighted by molar-refractivity contribution is 5.83. The average molecular weight is 231 g/mol. The highest BCUT2D eigenvalue weighted by Gasteiger charge is 2.02. The van der Waals surface area contributed by atoms with Gasteiger partial charge in [-0.25, -0.2) is 0 Å². The molecule has 1 N–H and O–H groups in total. The predicted octanol–water partition coefficient (Wildman–Crippen LogP) is 5.24. The fraction of sp³-hybridized carbons (Fsp3) is 0.500. The van der Waals surface area contributed by atoms with Gasteiger partial charge in [0, 0.05) is 17.1 Å². The lowest BCUT2D eigenvalue weighted by atomic mass is 10.0. The summed E-state index contributed by atoms with van der Waals surface area (Å²) in [5, 5.41) is 1.41. The zero-order valence-corrected chi connectivity index (χ0v) is 11.6. The Hall–Kier alpha value is -1.24. The third kappa shape index (κ3) is 3.62. The van der Waals surface area contributed by atoms with Gasteiger partial charge in [-0.1, -0.05) is 45.2 Å². The van der Waals surface area contributed by atoms with E-state index in [1.165, 1.54) is 47.7 Å². The minimum atomic E-state index is 1.21. The molecular weight excluding hydrogens is 206 g/mol. The number of H-pyrrole nitrogens is 1. The summed E-state index contributed by atoms with van der Waals surface area (Å²) in [7, 11) is 0. The molecule has 1 aromatic heterocycles. The highest BCUT2D eigenvalue weighted by Crippen LogP contribution is 2.21. The molecule has 0 spiro atoms. The number of unbranched alkanes of at least 4 members (excludes halogenated alkanes) is 2. The Balaban J connectivity index is 0.000000686. The van der Waals surface area contributed by atoms with Crippen molar-refractivity contribution in [2.45, 2.75) is 53.4 Å². The Morgan fingerprint density at radius 2 is 1.88 bits per heavy atom. The number of fused-ring (bicyclic) bond motifs is 1. The van der Waals surface area contributed by atoms with Gasteiger partial charge in [0.1, 0.15) is 0 Å². The third-order valence-corrected chi connectivity index (χ3v) is 2.97.